The summed E-state index contributed by atoms with van der Waals surface area (Å²) in [5, 5.41) is 3.65. The Morgan fingerprint density at radius 2 is 1.82 bits per heavy atom. The van der Waals surface area contributed by atoms with Crippen LogP contribution < -0.4 is 11.1 Å². The Bertz CT molecular complexity index is 1380. The topological polar surface area (TPSA) is 116 Å². The van der Waals surface area contributed by atoms with Crippen LogP contribution in [-0.2, 0) is 9.53 Å². The third kappa shape index (κ3) is 4.68. The molecular weight excluding hydrogens is 472 g/mol. The first kappa shape index (κ1) is 23.5. The van der Waals surface area contributed by atoms with E-state index in [-0.39, 0.29) is 33.7 Å². The van der Waals surface area contributed by atoms with Crippen molar-refractivity contribution in [2.75, 3.05) is 17.7 Å². The van der Waals surface area contributed by atoms with Gasteiger partial charge < -0.3 is 15.8 Å². The second kappa shape index (κ2) is 10.1. The number of imidazole rings is 1. The molecule has 0 aliphatic carbocycles. The van der Waals surface area contributed by atoms with E-state index in [4.69, 9.17) is 15.5 Å². The molecule has 174 valence electrons. The van der Waals surface area contributed by atoms with Crippen LogP contribution in [0.3, 0.4) is 0 Å². The highest BCUT2D eigenvalue weighted by molar-refractivity contribution is 7.99. The predicted octanol–water partition coefficient (Wildman–Crippen LogP) is 4.40. The van der Waals surface area contributed by atoms with Crippen LogP contribution in [0.1, 0.15) is 32.5 Å². The molecule has 4 rings (SSSR count). The van der Waals surface area contributed by atoms with Gasteiger partial charge in [0.2, 0.25) is 5.91 Å². The highest BCUT2D eigenvalue weighted by Crippen LogP contribution is 2.34. The van der Waals surface area contributed by atoms with Gasteiger partial charge in [-0.25, -0.2) is 9.78 Å². The predicted molar refractivity (Wildman–Crippen MR) is 134 cm³/mol. The van der Waals surface area contributed by atoms with Gasteiger partial charge in [0.25, 0.3) is 5.91 Å². The van der Waals surface area contributed by atoms with E-state index < -0.39 is 11.9 Å². The smallest absolute Gasteiger partial charge is 0.341 e. The van der Waals surface area contributed by atoms with E-state index in [2.05, 4.69) is 5.32 Å². The number of nitrogens with one attached hydrogen (secondary N) is 1. The lowest BCUT2D eigenvalue weighted by atomic mass is 10.1. The van der Waals surface area contributed by atoms with Gasteiger partial charge in [0.15, 0.2) is 5.16 Å². The summed E-state index contributed by atoms with van der Waals surface area (Å²) in [5.41, 5.74) is 8.66. The number of thiophene rings is 1. The number of aromatic nitrogens is 2. The van der Waals surface area contributed by atoms with E-state index in [1.807, 2.05) is 59.2 Å². The molecule has 2 aromatic heterocycles. The molecule has 0 aliphatic heterocycles. The molecule has 0 radical (unpaired) electrons. The van der Waals surface area contributed by atoms with Crippen molar-refractivity contribution in [2.24, 2.45) is 5.73 Å². The van der Waals surface area contributed by atoms with Crippen LogP contribution in [-0.4, -0.2) is 39.7 Å². The van der Waals surface area contributed by atoms with Crippen LogP contribution in [0, 0.1) is 6.92 Å². The summed E-state index contributed by atoms with van der Waals surface area (Å²) in [4.78, 5) is 42.0. The summed E-state index contributed by atoms with van der Waals surface area (Å²) in [6.07, 6.45) is 0. The number of carbonyl (C=O) groups is 3. The Labute approximate surface area is 204 Å². The monoisotopic (exact) mass is 494 g/mol. The molecule has 0 saturated heterocycles. The number of amides is 2. The van der Waals surface area contributed by atoms with Crippen molar-refractivity contribution in [3.63, 3.8) is 0 Å². The Kier molecular flexibility index (Phi) is 6.99. The number of hydrogen-bond donors (Lipinski definition) is 2. The Hall–Kier alpha value is -3.63. The fourth-order valence-electron chi connectivity index (χ4n) is 3.51. The molecule has 2 heterocycles. The van der Waals surface area contributed by atoms with Crippen molar-refractivity contribution in [1.82, 2.24) is 9.55 Å². The van der Waals surface area contributed by atoms with Crippen LogP contribution in [0.5, 0.6) is 0 Å². The van der Waals surface area contributed by atoms with Crippen molar-refractivity contribution in [1.29, 1.82) is 0 Å². The van der Waals surface area contributed by atoms with E-state index in [0.717, 1.165) is 28.1 Å². The number of ether oxygens (including phenoxy) is 1. The summed E-state index contributed by atoms with van der Waals surface area (Å²) >= 11 is 2.24. The Balaban J connectivity index is 1.59. The lowest BCUT2D eigenvalue weighted by Crippen LogP contribution is -2.17. The molecule has 0 spiro atoms. The number of nitrogens with zero attached hydrogens (tertiary/aromatic N) is 2. The van der Waals surface area contributed by atoms with Gasteiger partial charge in [-0.1, -0.05) is 42.1 Å². The summed E-state index contributed by atoms with van der Waals surface area (Å²) < 4.78 is 7.10. The molecular formula is C24H22N4O4S2. The van der Waals surface area contributed by atoms with Gasteiger partial charge in [-0.05, 0) is 43.7 Å². The molecule has 0 fully saturated rings. The molecule has 34 heavy (non-hydrogen) atoms. The van der Waals surface area contributed by atoms with Gasteiger partial charge >= 0.3 is 5.97 Å². The number of para-hydroxylation sites is 3. The first-order chi connectivity index (χ1) is 16.4. The Morgan fingerprint density at radius 3 is 2.53 bits per heavy atom. The van der Waals surface area contributed by atoms with E-state index in [1.54, 1.807) is 13.8 Å². The first-order valence-corrected chi connectivity index (χ1v) is 12.3. The number of anilines is 1. The number of nitrogens with two attached hydrogens (primary N) is 1. The normalized spacial score (nSPS) is 10.9. The van der Waals surface area contributed by atoms with Gasteiger partial charge in [0, 0.05) is 5.69 Å². The number of carbonyl (C=O) groups excluding carboxylic acids is 3. The lowest BCUT2D eigenvalue weighted by molar-refractivity contribution is -0.113. The van der Waals surface area contributed by atoms with Crippen molar-refractivity contribution >= 4 is 56.9 Å². The third-order valence-electron chi connectivity index (χ3n) is 4.98. The largest absolute Gasteiger partial charge is 0.462 e. The minimum atomic E-state index is -0.667. The van der Waals surface area contributed by atoms with Crippen molar-refractivity contribution < 1.29 is 19.1 Å². The van der Waals surface area contributed by atoms with Gasteiger partial charge in [0.05, 0.1) is 33.8 Å². The van der Waals surface area contributed by atoms with Crippen molar-refractivity contribution in [3.8, 4) is 5.69 Å². The third-order valence-corrected chi connectivity index (χ3v) is 7.14. The van der Waals surface area contributed by atoms with Gasteiger partial charge in [-0.3, -0.25) is 14.2 Å². The van der Waals surface area contributed by atoms with Gasteiger partial charge in [0.1, 0.15) is 5.00 Å². The maximum atomic E-state index is 12.8. The maximum absolute atomic E-state index is 12.8. The summed E-state index contributed by atoms with van der Waals surface area (Å²) in [7, 11) is 0. The van der Waals surface area contributed by atoms with Gasteiger partial charge in [-0.15, -0.1) is 11.3 Å². The van der Waals surface area contributed by atoms with E-state index in [1.165, 1.54) is 11.8 Å². The quantitative estimate of drug-likeness (QED) is 0.277. The SMILES string of the molecule is CCOC(=O)c1c(NC(=O)CSc2nc3ccccc3n2-c2ccccc2)sc(C(N)=O)c1C. The number of esters is 1. The second-order valence-corrected chi connectivity index (χ2v) is 9.20. The zero-order valence-electron chi connectivity index (χ0n) is 18.5. The van der Waals surface area contributed by atoms with E-state index >= 15 is 0 Å². The zero-order chi connectivity index (χ0) is 24.2. The van der Waals surface area contributed by atoms with E-state index in [9.17, 15) is 14.4 Å². The van der Waals surface area contributed by atoms with Crippen LogP contribution >= 0.6 is 23.1 Å². The standard InChI is InChI=1S/C24H22N4O4S2/c1-3-32-23(31)19-14(2)20(21(25)30)34-22(19)27-18(29)13-33-24-26-16-11-7-8-12-17(16)28(24)15-9-5-4-6-10-15/h4-12H,3,13H2,1-2H3,(H2,25,30)(H,27,29). The molecule has 10 heteroatoms. The molecule has 0 aliphatic rings. The molecule has 3 N–H and O–H groups in total. The summed E-state index contributed by atoms with van der Waals surface area (Å²) in [5.74, 6) is -1.59. The molecule has 8 nitrogen and oxygen atoms in total. The number of benzene rings is 2. The number of hydrogen-bond acceptors (Lipinski definition) is 7. The van der Waals surface area contributed by atoms with Crippen molar-refractivity contribution in [3.05, 3.63) is 70.6 Å². The van der Waals surface area contributed by atoms with Crippen LogP contribution in [0.4, 0.5) is 5.00 Å². The number of thioether (sulfide) groups is 1. The minimum Gasteiger partial charge on any atom is -0.462 e. The lowest BCUT2D eigenvalue weighted by Gasteiger charge is -2.09. The van der Waals surface area contributed by atoms with Crippen LogP contribution in [0.2, 0.25) is 0 Å². The molecule has 0 atom stereocenters. The molecule has 0 saturated carbocycles. The first-order valence-electron chi connectivity index (χ1n) is 10.5. The summed E-state index contributed by atoms with van der Waals surface area (Å²) in [6, 6.07) is 17.5. The van der Waals surface area contributed by atoms with E-state index in [0.29, 0.717) is 10.7 Å². The Morgan fingerprint density at radius 1 is 1.12 bits per heavy atom. The molecule has 0 bridgehead atoms. The van der Waals surface area contributed by atoms with Crippen molar-refractivity contribution in [2.45, 2.75) is 19.0 Å². The number of primary amides is 1. The minimum absolute atomic E-state index is 0.0429. The van der Waals surface area contributed by atoms with Crippen LogP contribution in [0.15, 0.2) is 59.8 Å². The fourth-order valence-corrected chi connectivity index (χ4v) is 5.40. The second-order valence-electron chi connectivity index (χ2n) is 7.24. The zero-order valence-corrected chi connectivity index (χ0v) is 20.2. The molecule has 2 amide bonds. The molecule has 0 unspecified atom stereocenters. The average molecular weight is 495 g/mol. The molecule has 2 aromatic carbocycles. The van der Waals surface area contributed by atoms with Crippen LogP contribution in [0.25, 0.3) is 16.7 Å². The number of fused-ring (bicyclic) bond motifs is 1. The highest BCUT2D eigenvalue weighted by Gasteiger charge is 2.26. The fraction of sp³-hybridized carbons (Fsp3) is 0.167. The van der Waals surface area contributed by atoms with Gasteiger partial charge in [-0.2, -0.15) is 0 Å². The highest BCUT2D eigenvalue weighted by atomic mass is 32.2. The summed E-state index contributed by atoms with van der Waals surface area (Å²) in [6.45, 7) is 3.46. The number of rotatable bonds is 8. The maximum Gasteiger partial charge on any atom is 0.341 e. The molecule has 4 aromatic rings. The average Bonchev–Trinajstić information content (AvgIpc) is 3.35.